The van der Waals surface area contributed by atoms with Crippen LogP contribution in [0.15, 0.2) is 35.1 Å². The highest BCUT2D eigenvalue weighted by atomic mass is 32.1. The molecule has 0 radical (unpaired) electrons. The monoisotopic (exact) mass is 387 g/mol. The highest BCUT2D eigenvalue weighted by Gasteiger charge is 2.12. The van der Waals surface area contributed by atoms with E-state index >= 15 is 0 Å². The molecule has 0 aliphatic carbocycles. The van der Waals surface area contributed by atoms with Gasteiger partial charge in [0.2, 0.25) is 11.0 Å². The average molecular weight is 387 g/mol. The number of methoxy groups -OCH3 is 2. The van der Waals surface area contributed by atoms with Crippen molar-refractivity contribution in [3.05, 3.63) is 45.7 Å². The molecule has 1 aromatic carbocycles. The van der Waals surface area contributed by atoms with Crippen LogP contribution in [0.1, 0.15) is 5.01 Å². The fraction of sp³-hybridized carbons (Fsp3) is 0.235. The van der Waals surface area contributed by atoms with Crippen molar-refractivity contribution in [2.75, 3.05) is 19.5 Å². The van der Waals surface area contributed by atoms with Gasteiger partial charge in [0.05, 0.1) is 19.9 Å². The van der Waals surface area contributed by atoms with Gasteiger partial charge in [-0.25, -0.2) is 4.68 Å². The van der Waals surface area contributed by atoms with Crippen molar-refractivity contribution in [1.29, 1.82) is 0 Å². The minimum absolute atomic E-state index is 0.238. The van der Waals surface area contributed by atoms with Gasteiger partial charge >= 0.3 is 0 Å². The molecule has 0 aliphatic heterocycles. The van der Waals surface area contributed by atoms with Gasteiger partial charge in [0.25, 0.3) is 5.56 Å². The van der Waals surface area contributed by atoms with Crippen LogP contribution in [0.3, 0.4) is 0 Å². The molecule has 0 bridgehead atoms. The zero-order valence-electron chi connectivity index (χ0n) is 14.9. The number of hydrogen-bond donors (Lipinski definition) is 1. The van der Waals surface area contributed by atoms with Gasteiger partial charge in [0.15, 0.2) is 11.5 Å². The van der Waals surface area contributed by atoms with Crippen molar-refractivity contribution in [1.82, 2.24) is 20.0 Å². The highest BCUT2D eigenvalue weighted by Crippen LogP contribution is 2.31. The van der Waals surface area contributed by atoms with Crippen molar-refractivity contribution in [3.8, 4) is 22.8 Å². The third-order valence-corrected chi connectivity index (χ3v) is 4.37. The molecule has 2 heterocycles. The number of ether oxygens (including phenoxy) is 2. The zero-order valence-corrected chi connectivity index (χ0v) is 15.7. The summed E-state index contributed by atoms with van der Waals surface area (Å²) in [5.74, 6) is 0.713. The summed E-state index contributed by atoms with van der Waals surface area (Å²) in [4.78, 5) is 24.2. The number of nitrogens with zero attached hydrogens (tertiary/aromatic N) is 4. The molecule has 0 aliphatic rings. The smallest absolute Gasteiger partial charge is 0.267 e. The van der Waals surface area contributed by atoms with Crippen LogP contribution in [0, 0.1) is 6.92 Å². The van der Waals surface area contributed by atoms with E-state index in [1.165, 1.54) is 24.5 Å². The van der Waals surface area contributed by atoms with E-state index in [2.05, 4.69) is 20.6 Å². The molecule has 0 saturated carbocycles. The van der Waals surface area contributed by atoms with Gasteiger partial charge in [-0.05, 0) is 31.2 Å². The number of benzene rings is 1. The molecule has 10 heteroatoms. The standard InChI is InChI=1S/C17H17N5O4S/c1-10-19-20-17(27-10)18-15(23)9-22-16(24)7-5-12(21-22)11-4-6-13(25-2)14(8-11)26-3/h4-8H,9H2,1-3H3,(H,18,20,23). The molecule has 2 aromatic heterocycles. The van der Waals surface area contributed by atoms with Crippen molar-refractivity contribution in [2.45, 2.75) is 13.5 Å². The number of hydrogen-bond acceptors (Lipinski definition) is 8. The van der Waals surface area contributed by atoms with E-state index in [1.807, 2.05) is 0 Å². The van der Waals surface area contributed by atoms with Crippen LogP contribution >= 0.6 is 11.3 Å². The molecule has 0 atom stereocenters. The van der Waals surface area contributed by atoms with E-state index in [0.717, 1.165) is 15.3 Å². The first kappa shape index (κ1) is 18.5. The molecule has 0 saturated heterocycles. The van der Waals surface area contributed by atoms with Crippen molar-refractivity contribution >= 4 is 22.4 Å². The van der Waals surface area contributed by atoms with Gasteiger partial charge in [-0.1, -0.05) is 11.3 Å². The summed E-state index contributed by atoms with van der Waals surface area (Å²) < 4.78 is 11.6. The number of nitrogens with one attached hydrogen (secondary N) is 1. The molecule has 140 valence electrons. The van der Waals surface area contributed by atoms with Gasteiger partial charge in [-0.2, -0.15) is 5.10 Å². The van der Waals surface area contributed by atoms with Crippen LogP contribution < -0.4 is 20.3 Å². The highest BCUT2D eigenvalue weighted by molar-refractivity contribution is 7.15. The zero-order chi connectivity index (χ0) is 19.4. The minimum Gasteiger partial charge on any atom is -0.493 e. The third-order valence-electron chi connectivity index (χ3n) is 3.61. The topological polar surface area (TPSA) is 108 Å². The fourth-order valence-corrected chi connectivity index (χ4v) is 2.96. The lowest BCUT2D eigenvalue weighted by molar-refractivity contribution is -0.117. The first-order chi connectivity index (χ1) is 13.0. The predicted octanol–water partition coefficient (Wildman–Crippen LogP) is 1.73. The molecule has 0 unspecified atom stereocenters. The number of aryl methyl sites for hydroxylation is 1. The normalized spacial score (nSPS) is 10.5. The lowest BCUT2D eigenvalue weighted by atomic mass is 10.1. The van der Waals surface area contributed by atoms with Crippen LogP contribution in [-0.2, 0) is 11.3 Å². The summed E-state index contributed by atoms with van der Waals surface area (Å²) in [6.45, 7) is 1.55. The van der Waals surface area contributed by atoms with Crippen molar-refractivity contribution in [2.24, 2.45) is 0 Å². The van der Waals surface area contributed by atoms with Crippen LogP contribution in [0.25, 0.3) is 11.3 Å². The Labute approximate surface area is 158 Å². The molecule has 0 spiro atoms. The van der Waals surface area contributed by atoms with Gasteiger partial charge in [0.1, 0.15) is 11.6 Å². The second-order valence-corrected chi connectivity index (χ2v) is 6.64. The number of aromatic nitrogens is 4. The SMILES string of the molecule is COc1ccc(-c2ccc(=O)n(CC(=O)Nc3nnc(C)s3)n2)cc1OC. The van der Waals surface area contributed by atoms with Crippen LogP contribution in [0.2, 0.25) is 0 Å². The lowest BCUT2D eigenvalue weighted by Crippen LogP contribution is -2.29. The largest absolute Gasteiger partial charge is 0.493 e. The Morgan fingerprint density at radius 2 is 1.93 bits per heavy atom. The van der Waals surface area contributed by atoms with E-state index in [0.29, 0.717) is 22.3 Å². The average Bonchev–Trinajstić information content (AvgIpc) is 3.07. The molecular formula is C17H17N5O4S. The molecular weight excluding hydrogens is 370 g/mol. The summed E-state index contributed by atoms with van der Waals surface area (Å²) in [5, 5.41) is 15.6. The number of anilines is 1. The van der Waals surface area contributed by atoms with E-state index in [9.17, 15) is 9.59 Å². The van der Waals surface area contributed by atoms with E-state index in [4.69, 9.17) is 9.47 Å². The fourth-order valence-electron chi connectivity index (χ4n) is 2.35. The maximum Gasteiger partial charge on any atom is 0.267 e. The van der Waals surface area contributed by atoms with Crippen molar-refractivity contribution in [3.63, 3.8) is 0 Å². The van der Waals surface area contributed by atoms with Crippen LogP contribution in [-0.4, -0.2) is 40.1 Å². The Bertz CT molecular complexity index is 1030. The van der Waals surface area contributed by atoms with E-state index in [1.54, 1.807) is 38.3 Å². The second kappa shape index (κ2) is 7.96. The van der Waals surface area contributed by atoms with E-state index in [-0.39, 0.29) is 12.1 Å². The number of rotatable bonds is 6. The Kier molecular flexibility index (Phi) is 5.46. The van der Waals surface area contributed by atoms with Gasteiger partial charge in [0, 0.05) is 11.6 Å². The van der Waals surface area contributed by atoms with Crippen LogP contribution in [0.5, 0.6) is 11.5 Å². The summed E-state index contributed by atoms with van der Waals surface area (Å²) in [5.41, 5.74) is 0.861. The summed E-state index contributed by atoms with van der Waals surface area (Å²) >= 11 is 1.25. The van der Waals surface area contributed by atoms with Gasteiger partial charge < -0.3 is 9.47 Å². The molecule has 9 nitrogen and oxygen atoms in total. The summed E-state index contributed by atoms with van der Waals surface area (Å²) in [6, 6.07) is 8.24. The summed E-state index contributed by atoms with van der Waals surface area (Å²) in [6.07, 6.45) is 0. The van der Waals surface area contributed by atoms with Crippen LogP contribution in [0.4, 0.5) is 5.13 Å². The molecule has 3 aromatic rings. The lowest BCUT2D eigenvalue weighted by Gasteiger charge is -2.10. The first-order valence-corrected chi connectivity index (χ1v) is 8.72. The van der Waals surface area contributed by atoms with E-state index < -0.39 is 5.91 Å². The number of carbonyl (C=O) groups excluding carboxylic acids is 1. The molecule has 0 fully saturated rings. The molecule has 1 N–H and O–H groups in total. The third kappa shape index (κ3) is 4.29. The Morgan fingerprint density at radius 1 is 1.15 bits per heavy atom. The maximum absolute atomic E-state index is 12.2. The Morgan fingerprint density at radius 3 is 2.59 bits per heavy atom. The number of carbonyl (C=O) groups is 1. The Balaban J connectivity index is 1.84. The molecule has 27 heavy (non-hydrogen) atoms. The summed E-state index contributed by atoms with van der Waals surface area (Å²) in [7, 11) is 3.09. The Hall–Kier alpha value is -3.27. The number of amides is 1. The van der Waals surface area contributed by atoms with Crippen molar-refractivity contribution < 1.29 is 14.3 Å². The molecule has 1 amide bonds. The second-order valence-electron chi connectivity index (χ2n) is 5.46. The predicted molar refractivity (Wildman–Crippen MR) is 100 cm³/mol. The minimum atomic E-state index is -0.412. The van der Waals surface area contributed by atoms with Gasteiger partial charge in [-0.15, -0.1) is 10.2 Å². The quantitative estimate of drug-likeness (QED) is 0.686. The molecule has 3 rings (SSSR count). The first-order valence-electron chi connectivity index (χ1n) is 7.90. The van der Waals surface area contributed by atoms with Gasteiger partial charge in [-0.3, -0.25) is 14.9 Å². The maximum atomic E-state index is 12.2.